The first kappa shape index (κ1) is 10.4. The van der Waals surface area contributed by atoms with E-state index < -0.39 is 6.04 Å². The summed E-state index contributed by atoms with van der Waals surface area (Å²) in [6.45, 7) is 0. The number of halogens is 1. The average molecular weight is 195 g/mol. The van der Waals surface area contributed by atoms with Crippen molar-refractivity contribution in [3.05, 3.63) is 35.6 Å². The van der Waals surface area contributed by atoms with Gasteiger partial charge in [-0.3, -0.25) is 4.79 Å². The molecular formula is C10H10FNO2. The maximum absolute atomic E-state index is 12.7. The normalized spacial score (nSPS) is 11.8. The zero-order valence-electron chi connectivity index (χ0n) is 7.44. The minimum absolute atomic E-state index is 0.306. The fraction of sp³-hybridized carbons (Fsp3) is 0.200. The highest BCUT2D eigenvalue weighted by Crippen LogP contribution is 2.05. The van der Waals surface area contributed by atoms with Crippen molar-refractivity contribution in [1.29, 1.82) is 0 Å². The van der Waals surface area contributed by atoms with Crippen LogP contribution in [-0.4, -0.2) is 18.7 Å². The number of benzene rings is 1. The predicted octanol–water partition coefficient (Wildman–Crippen LogP) is 0.682. The summed E-state index contributed by atoms with van der Waals surface area (Å²) >= 11 is 0. The van der Waals surface area contributed by atoms with Crippen LogP contribution in [0, 0.1) is 5.82 Å². The Balaban J connectivity index is 2.66. The quantitative estimate of drug-likeness (QED) is 0.702. The van der Waals surface area contributed by atoms with Gasteiger partial charge in [0.25, 0.3) is 0 Å². The number of amides is 1. The zero-order valence-corrected chi connectivity index (χ0v) is 7.44. The van der Waals surface area contributed by atoms with E-state index in [0.717, 1.165) is 0 Å². The van der Waals surface area contributed by atoms with Gasteiger partial charge in [0.05, 0.1) is 6.04 Å². The molecule has 0 saturated carbocycles. The first-order valence-electron chi connectivity index (χ1n) is 4.15. The third-order valence-corrected chi connectivity index (χ3v) is 1.79. The van der Waals surface area contributed by atoms with Gasteiger partial charge in [-0.15, -0.1) is 0 Å². The predicted molar refractivity (Wildman–Crippen MR) is 49.2 cm³/mol. The van der Waals surface area contributed by atoms with Gasteiger partial charge in [0, 0.05) is 0 Å². The molecule has 0 saturated heterocycles. The molecule has 1 unspecified atom stereocenters. The van der Waals surface area contributed by atoms with E-state index in [2.05, 4.69) is 5.32 Å². The van der Waals surface area contributed by atoms with Gasteiger partial charge in [0.1, 0.15) is 12.1 Å². The molecular weight excluding hydrogens is 185 g/mol. The maximum Gasteiger partial charge on any atom is 0.207 e. The monoisotopic (exact) mass is 195 g/mol. The molecule has 0 aliphatic heterocycles. The van der Waals surface area contributed by atoms with Gasteiger partial charge in [-0.05, 0) is 24.1 Å². The molecule has 0 radical (unpaired) electrons. The molecule has 0 aliphatic carbocycles. The van der Waals surface area contributed by atoms with Crippen LogP contribution >= 0.6 is 0 Å². The fourth-order valence-electron chi connectivity index (χ4n) is 1.15. The molecule has 0 aliphatic rings. The minimum atomic E-state index is -0.589. The Bertz CT molecular complexity index is 328. The van der Waals surface area contributed by atoms with E-state index in [1.54, 1.807) is 12.1 Å². The molecule has 0 spiro atoms. The van der Waals surface area contributed by atoms with Gasteiger partial charge in [-0.25, -0.2) is 4.39 Å². The third kappa shape index (κ3) is 2.97. The first-order chi connectivity index (χ1) is 6.76. The summed E-state index contributed by atoms with van der Waals surface area (Å²) in [4.78, 5) is 20.6. The molecule has 1 aromatic carbocycles. The van der Waals surface area contributed by atoms with Crippen LogP contribution in [0.1, 0.15) is 5.56 Å². The highest BCUT2D eigenvalue weighted by atomic mass is 19.1. The van der Waals surface area contributed by atoms with Crippen molar-refractivity contribution < 1.29 is 14.0 Å². The number of hydrogen-bond acceptors (Lipinski definition) is 2. The summed E-state index contributed by atoms with van der Waals surface area (Å²) in [5, 5.41) is 2.33. The largest absolute Gasteiger partial charge is 0.349 e. The van der Waals surface area contributed by atoms with E-state index in [-0.39, 0.29) is 5.82 Å². The Labute approximate surface area is 80.9 Å². The van der Waals surface area contributed by atoms with Crippen LogP contribution < -0.4 is 5.32 Å². The minimum Gasteiger partial charge on any atom is -0.349 e. The van der Waals surface area contributed by atoms with Crippen LogP contribution in [0.2, 0.25) is 0 Å². The van der Waals surface area contributed by atoms with Gasteiger partial charge in [-0.2, -0.15) is 0 Å². The first-order valence-corrected chi connectivity index (χ1v) is 4.15. The van der Waals surface area contributed by atoms with Crippen molar-refractivity contribution in [3.8, 4) is 0 Å². The van der Waals surface area contributed by atoms with Gasteiger partial charge in [0.15, 0.2) is 0 Å². The second-order valence-corrected chi connectivity index (χ2v) is 2.86. The molecule has 0 heterocycles. The summed E-state index contributed by atoms with van der Waals surface area (Å²) in [5.74, 6) is -0.349. The topological polar surface area (TPSA) is 46.2 Å². The standard InChI is InChI=1S/C10H10FNO2/c11-9-3-1-2-8(4-9)5-10(6-13)12-7-14/h1-4,6-7,10H,5H2,(H,12,14). The molecule has 4 heteroatoms. The van der Waals surface area contributed by atoms with Crippen molar-refractivity contribution in [3.63, 3.8) is 0 Å². The molecule has 0 fully saturated rings. The van der Waals surface area contributed by atoms with Crippen LogP contribution in [-0.2, 0) is 16.0 Å². The number of nitrogens with one attached hydrogen (secondary N) is 1. The Hall–Kier alpha value is -1.71. The molecule has 1 amide bonds. The zero-order chi connectivity index (χ0) is 10.4. The summed E-state index contributed by atoms with van der Waals surface area (Å²) in [5.41, 5.74) is 0.677. The molecule has 1 rings (SSSR count). The smallest absolute Gasteiger partial charge is 0.207 e. The number of aldehydes is 1. The van der Waals surface area contributed by atoms with E-state index in [1.807, 2.05) is 0 Å². The number of hydrogen-bond donors (Lipinski definition) is 1. The molecule has 1 N–H and O–H groups in total. The van der Waals surface area contributed by atoms with Crippen LogP contribution in [0.4, 0.5) is 4.39 Å². The van der Waals surface area contributed by atoms with Crippen molar-refractivity contribution in [2.75, 3.05) is 0 Å². The van der Waals surface area contributed by atoms with Gasteiger partial charge >= 0.3 is 0 Å². The average Bonchev–Trinajstić information content (AvgIpc) is 2.17. The fourth-order valence-corrected chi connectivity index (χ4v) is 1.15. The molecule has 3 nitrogen and oxygen atoms in total. The highest BCUT2D eigenvalue weighted by Gasteiger charge is 2.06. The van der Waals surface area contributed by atoms with E-state index in [0.29, 0.717) is 24.7 Å². The van der Waals surface area contributed by atoms with Crippen LogP contribution in [0.5, 0.6) is 0 Å². The lowest BCUT2D eigenvalue weighted by molar-refractivity contribution is -0.115. The Kier molecular flexibility index (Phi) is 3.79. The van der Waals surface area contributed by atoms with E-state index in [9.17, 15) is 14.0 Å². The van der Waals surface area contributed by atoms with E-state index >= 15 is 0 Å². The van der Waals surface area contributed by atoms with Gasteiger partial charge in [-0.1, -0.05) is 12.1 Å². The summed E-state index contributed by atoms with van der Waals surface area (Å²) < 4.78 is 12.7. The van der Waals surface area contributed by atoms with Crippen molar-refractivity contribution in [1.82, 2.24) is 5.32 Å². The second kappa shape index (κ2) is 5.11. The van der Waals surface area contributed by atoms with Gasteiger partial charge < -0.3 is 10.1 Å². The third-order valence-electron chi connectivity index (χ3n) is 1.79. The molecule has 14 heavy (non-hydrogen) atoms. The number of carbonyl (C=O) groups excluding carboxylic acids is 2. The summed E-state index contributed by atoms with van der Waals surface area (Å²) in [6, 6.07) is 5.34. The van der Waals surface area contributed by atoms with E-state index in [1.165, 1.54) is 12.1 Å². The lowest BCUT2D eigenvalue weighted by Crippen LogP contribution is -2.31. The highest BCUT2D eigenvalue weighted by molar-refractivity contribution is 5.64. The molecule has 1 aromatic rings. The second-order valence-electron chi connectivity index (χ2n) is 2.86. The van der Waals surface area contributed by atoms with Crippen molar-refractivity contribution in [2.24, 2.45) is 0 Å². The molecule has 74 valence electrons. The molecule has 1 atom stereocenters. The Morgan fingerprint density at radius 1 is 1.43 bits per heavy atom. The summed E-state index contributed by atoms with van der Waals surface area (Å²) in [7, 11) is 0. The lowest BCUT2D eigenvalue weighted by atomic mass is 10.1. The number of carbonyl (C=O) groups is 2. The number of rotatable bonds is 5. The molecule has 0 bridgehead atoms. The Morgan fingerprint density at radius 3 is 2.79 bits per heavy atom. The molecule has 0 aromatic heterocycles. The maximum atomic E-state index is 12.7. The Morgan fingerprint density at radius 2 is 2.21 bits per heavy atom. The summed E-state index contributed by atoms with van der Waals surface area (Å²) in [6.07, 6.45) is 1.39. The lowest BCUT2D eigenvalue weighted by Gasteiger charge is -2.08. The van der Waals surface area contributed by atoms with Crippen LogP contribution in [0.25, 0.3) is 0 Å². The van der Waals surface area contributed by atoms with E-state index in [4.69, 9.17) is 0 Å². The van der Waals surface area contributed by atoms with Gasteiger partial charge in [0.2, 0.25) is 6.41 Å². The van der Waals surface area contributed by atoms with Crippen molar-refractivity contribution in [2.45, 2.75) is 12.5 Å². The van der Waals surface area contributed by atoms with Crippen LogP contribution in [0.15, 0.2) is 24.3 Å². The van der Waals surface area contributed by atoms with Crippen molar-refractivity contribution >= 4 is 12.7 Å². The van der Waals surface area contributed by atoms with Crippen LogP contribution in [0.3, 0.4) is 0 Å². The SMILES string of the molecule is O=CNC(C=O)Cc1cccc(F)c1.